The molecule has 1 aromatic rings. The summed E-state index contributed by atoms with van der Waals surface area (Å²) in [5.41, 5.74) is 3.96. The molecular formula is C16H26N2O. The fourth-order valence-electron chi connectivity index (χ4n) is 2.92. The van der Waals surface area contributed by atoms with E-state index in [1.807, 2.05) is 0 Å². The molecule has 0 bridgehead atoms. The minimum Gasteiger partial charge on any atom is -0.396 e. The number of anilines is 1. The third kappa shape index (κ3) is 3.48. The molecular weight excluding hydrogens is 236 g/mol. The summed E-state index contributed by atoms with van der Waals surface area (Å²) in [7, 11) is 0. The predicted octanol–water partition coefficient (Wildman–Crippen LogP) is 2.24. The van der Waals surface area contributed by atoms with Crippen molar-refractivity contribution in [3.8, 4) is 0 Å². The molecule has 0 aromatic heterocycles. The van der Waals surface area contributed by atoms with Crippen molar-refractivity contribution in [3.05, 3.63) is 29.3 Å². The number of nitrogens with one attached hydrogen (secondary N) is 1. The third-order valence-corrected chi connectivity index (χ3v) is 4.07. The van der Waals surface area contributed by atoms with Crippen LogP contribution in [0.1, 0.15) is 30.9 Å². The second kappa shape index (κ2) is 6.40. The van der Waals surface area contributed by atoms with Crippen LogP contribution in [0.15, 0.2) is 18.2 Å². The molecule has 2 atom stereocenters. The topological polar surface area (TPSA) is 35.5 Å². The van der Waals surface area contributed by atoms with Crippen LogP contribution in [0.25, 0.3) is 0 Å². The summed E-state index contributed by atoms with van der Waals surface area (Å²) in [5, 5.41) is 12.9. The fourth-order valence-corrected chi connectivity index (χ4v) is 2.92. The highest BCUT2D eigenvalue weighted by Gasteiger charge is 2.24. The molecule has 2 rings (SSSR count). The lowest BCUT2D eigenvalue weighted by Crippen LogP contribution is -2.41. The number of rotatable bonds is 3. The summed E-state index contributed by atoms with van der Waals surface area (Å²) in [6.45, 7) is 8.82. The summed E-state index contributed by atoms with van der Waals surface area (Å²) in [5.74, 6) is 0. The maximum absolute atomic E-state index is 9.30. The van der Waals surface area contributed by atoms with E-state index in [2.05, 4.69) is 49.2 Å². The number of hydrogen-bond donors (Lipinski definition) is 2. The third-order valence-electron chi connectivity index (χ3n) is 4.07. The molecule has 0 spiro atoms. The van der Waals surface area contributed by atoms with Crippen molar-refractivity contribution in [2.75, 3.05) is 24.6 Å². The van der Waals surface area contributed by atoms with Gasteiger partial charge >= 0.3 is 0 Å². The van der Waals surface area contributed by atoms with E-state index in [0.717, 1.165) is 25.9 Å². The SMILES string of the molecule is Cc1ccc(N2CCC(C)NCC2CCO)c(C)c1. The molecule has 1 aromatic carbocycles. The molecule has 0 aliphatic carbocycles. The highest BCUT2D eigenvalue weighted by Crippen LogP contribution is 2.25. The van der Waals surface area contributed by atoms with Gasteiger partial charge in [-0.3, -0.25) is 0 Å². The summed E-state index contributed by atoms with van der Waals surface area (Å²) >= 11 is 0. The molecule has 2 unspecified atom stereocenters. The first-order valence-corrected chi connectivity index (χ1v) is 7.30. The van der Waals surface area contributed by atoms with E-state index >= 15 is 0 Å². The zero-order chi connectivity index (χ0) is 13.8. The molecule has 1 fully saturated rings. The van der Waals surface area contributed by atoms with Crippen LogP contribution in [-0.2, 0) is 0 Å². The van der Waals surface area contributed by atoms with Crippen molar-refractivity contribution >= 4 is 5.69 Å². The number of hydrogen-bond acceptors (Lipinski definition) is 3. The van der Waals surface area contributed by atoms with Gasteiger partial charge in [0.25, 0.3) is 0 Å². The summed E-state index contributed by atoms with van der Waals surface area (Å²) in [4.78, 5) is 2.47. The molecule has 3 nitrogen and oxygen atoms in total. The van der Waals surface area contributed by atoms with E-state index in [4.69, 9.17) is 0 Å². The van der Waals surface area contributed by atoms with Gasteiger partial charge in [0.15, 0.2) is 0 Å². The molecule has 2 N–H and O–H groups in total. The number of aliphatic hydroxyl groups excluding tert-OH is 1. The van der Waals surface area contributed by atoms with Gasteiger partial charge in [-0.15, -0.1) is 0 Å². The molecule has 19 heavy (non-hydrogen) atoms. The van der Waals surface area contributed by atoms with Crippen LogP contribution >= 0.6 is 0 Å². The van der Waals surface area contributed by atoms with Gasteiger partial charge in [-0.1, -0.05) is 17.7 Å². The largest absolute Gasteiger partial charge is 0.396 e. The van der Waals surface area contributed by atoms with E-state index < -0.39 is 0 Å². The van der Waals surface area contributed by atoms with E-state index in [-0.39, 0.29) is 6.61 Å². The molecule has 1 heterocycles. The van der Waals surface area contributed by atoms with Gasteiger partial charge in [0.1, 0.15) is 0 Å². The fraction of sp³-hybridized carbons (Fsp3) is 0.625. The Labute approximate surface area is 116 Å². The van der Waals surface area contributed by atoms with Gasteiger partial charge in [-0.05, 0) is 45.2 Å². The number of aliphatic hydroxyl groups is 1. The molecule has 1 aliphatic heterocycles. The Morgan fingerprint density at radius 2 is 2.16 bits per heavy atom. The van der Waals surface area contributed by atoms with Crippen molar-refractivity contribution in [1.82, 2.24) is 5.32 Å². The first kappa shape index (κ1) is 14.4. The van der Waals surface area contributed by atoms with Crippen LogP contribution in [0, 0.1) is 13.8 Å². The average molecular weight is 262 g/mol. The van der Waals surface area contributed by atoms with Crippen LogP contribution < -0.4 is 10.2 Å². The second-order valence-corrected chi connectivity index (χ2v) is 5.75. The van der Waals surface area contributed by atoms with Crippen LogP contribution in [-0.4, -0.2) is 36.9 Å². The Balaban J connectivity index is 2.26. The van der Waals surface area contributed by atoms with Gasteiger partial charge in [-0.2, -0.15) is 0 Å². The molecule has 1 saturated heterocycles. The summed E-state index contributed by atoms with van der Waals surface area (Å²) < 4.78 is 0. The Kier molecular flexibility index (Phi) is 4.83. The molecule has 1 aliphatic rings. The zero-order valence-corrected chi connectivity index (χ0v) is 12.3. The lowest BCUT2D eigenvalue weighted by Gasteiger charge is -2.33. The van der Waals surface area contributed by atoms with Crippen molar-refractivity contribution in [2.45, 2.75) is 45.7 Å². The van der Waals surface area contributed by atoms with E-state index in [9.17, 15) is 5.11 Å². The monoisotopic (exact) mass is 262 g/mol. The van der Waals surface area contributed by atoms with Crippen molar-refractivity contribution in [1.29, 1.82) is 0 Å². The van der Waals surface area contributed by atoms with Crippen molar-refractivity contribution in [2.24, 2.45) is 0 Å². The minimum absolute atomic E-state index is 0.252. The minimum atomic E-state index is 0.252. The second-order valence-electron chi connectivity index (χ2n) is 5.75. The Morgan fingerprint density at radius 3 is 2.84 bits per heavy atom. The van der Waals surface area contributed by atoms with Crippen molar-refractivity contribution in [3.63, 3.8) is 0 Å². The number of nitrogens with zero attached hydrogens (tertiary/aromatic N) is 1. The maximum atomic E-state index is 9.30. The van der Waals surface area contributed by atoms with E-state index in [0.29, 0.717) is 12.1 Å². The zero-order valence-electron chi connectivity index (χ0n) is 12.3. The molecule has 0 amide bonds. The summed E-state index contributed by atoms with van der Waals surface area (Å²) in [6, 6.07) is 7.59. The van der Waals surface area contributed by atoms with Gasteiger partial charge in [0.05, 0.1) is 0 Å². The smallest absolute Gasteiger partial charge is 0.0451 e. The predicted molar refractivity (Wildman–Crippen MR) is 80.8 cm³/mol. The van der Waals surface area contributed by atoms with Gasteiger partial charge < -0.3 is 15.3 Å². The van der Waals surface area contributed by atoms with E-state index in [1.54, 1.807) is 0 Å². The van der Waals surface area contributed by atoms with Crippen LogP contribution in [0.5, 0.6) is 0 Å². The van der Waals surface area contributed by atoms with Gasteiger partial charge in [-0.25, -0.2) is 0 Å². The maximum Gasteiger partial charge on any atom is 0.0451 e. The molecule has 106 valence electrons. The molecule has 3 heteroatoms. The normalized spacial score (nSPS) is 24.3. The molecule has 0 radical (unpaired) electrons. The van der Waals surface area contributed by atoms with E-state index in [1.165, 1.54) is 16.8 Å². The van der Waals surface area contributed by atoms with Crippen molar-refractivity contribution < 1.29 is 5.11 Å². The lowest BCUT2D eigenvalue weighted by atomic mass is 10.1. The van der Waals surface area contributed by atoms with Gasteiger partial charge in [0, 0.05) is 37.5 Å². The van der Waals surface area contributed by atoms with Crippen LogP contribution in [0.2, 0.25) is 0 Å². The number of benzene rings is 1. The van der Waals surface area contributed by atoms with Crippen LogP contribution in [0.3, 0.4) is 0 Å². The Morgan fingerprint density at radius 1 is 1.37 bits per heavy atom. The van der Waals surface area contributed by atoms with Gasteiger partial charge in [0.2, 0.25) is 0 Å². The lowest BCUT2D eigenvalue weighted by molar-refractivity contribution is 0.272. The first-order valence-electron chi connectivity index (χ1n) is 7.30. The first-order chi connectivity index (χ1) is 9.11. The number of aryl methyl sites for hydroxylation is 2. The van der Waals surface area contributed by atoms with Crippen LogP contribution in [0.4, 0.5) is 5.69 Å². The highest BCUT2D eigenvalue weighted by atomic mass is 16.3. The Hall–Kier alpha value is -1.06. The quantitative estimate of drug-likeness (QED) is 0.877. The highest BCUT2D eigenvalue weighted by molar-refractivity contribution is 5.55. The Bertz CT molecular complexity index is 419. The summed E-state index contributed by atoms with van der Waals surface area (Å²) in [6.07, 6.45) is 1.97. The standard InChI is InChI=1S/C16H26N2O/c1-12-4-5-16(13(2)10-12)18-8-6-14(3)17-11-15(18)7-9-19/h4-5,10,14-15,17,19H,6-9,11H2,1-3H3. The average Bonchev–Trinajstić information content (AvgIpc) is 2.54. The molecule has 0 saturated carbocycles.